The summed E-state index contributed by atoms with van der Waals surface area (Å²) in [5, 5.41) is 86.6. The van der Waals surface area contributed by atoms with E-state index >= 15 is 0 Å². The van der Waals surface area contributed by atoms with E-state index in [2.05, 4.69) is 43.5 Å². The zero-order valence-electron chi connectivity index (χ0n) is 36.9. The predicted molar refractivity (Wildman–Crippen MR) is 231 cm³/mol. The van der Waals surface area contributed by atoms with E-state index in [4.69, 9.17) is 18.9 Å². The number of allylic oxidation sites excluding steroid dienone is 4. The van der Waals surface area contributed by atoms with E-state index in [0.29, 0.717) is 12.8 Å². The third-order valence-corrected chi connectivity index (χ3v) is 11.7. The molecule has 352 valence electrons. The summed E-state index contributed by atoms with van der Waals surface area (Å²) < 4.78 is 22.7. The highest BCUT2D eigenvalue weighted by atomic mass is 16.7. The Hall–Kier alpha value is -1.53. The first-order valence-electron chi connectivity index (χ1n) is 23.6. The van der Waals surface area contributed by atoms with Gasteiger partial charge in [-0.05, 0) is 44.9 Å². The molecule has 2 rings (SSSR count). The number of rotatable bonds is 35. The summed E-state index contributed by atoms with van der Waals surface area (Å²) >= 11 is 0. The average molecular weight is 860 g/mol. The maximum Gasteiger partial charge on any atom is 0.220 e. The van der Waals surface area contributed by atoms with E-state index in [9.17, 15) is 45.6 Å². The lowest BCUT2D eigenvalue weighted by molar-refractivity contribution is -0.359. The van der Waals surface area contributed by atoms with Gasteiger partial charge in [0.05, 0.1) is 32.0 Å². The molecule has 0 aromatic rings. The molecule has 0 bridgehead atoms. The summed E-state index contributed by atoms with van der Waals surface area (Å²) in [7, 11) is 0. The minimum absolute atomic E-state index is 0.224. The first kappa shape index (κ1) is 54.6. The first-order valence-corrected chi connectivity index (χ1v) is 23.6. The van der Waals surface area contributed by atoms with Crippen molar-refractivity contribution in [3.05, 3.63) is 24.3 Å². The lowest BCUT2D eigenvalue weighted by Gasteiger charge is -2.46. The van der Waals surface area contributed by atoms with Crippen molar-refractivity contribution < 1.29 is 64.6 Å². The van der Waals surface area contributed by atoms with Crippen LogP contribution in [0.25, 0.3) is 0 Å². The van der Waals surface area contributed by atoms with E-state index < -0.39 is 86.8 Å². The second kappa shape index (κ2) is 34.0. The molecule has 14 heteroatoms. The van der Waals surface area contributed by atoms with Gasteiger partial charge in [-0.3, -0.25) is 4.79 Å². The van der Waals surface area contributed by atoms with Crippen molar-refractivity contribution >= 4 is 5.91 Å². The number of hydrogen-bond donors (Lipinski definition) is 9. The molecule has 9 N–H and O–H groups in total. The largest absolute Gasteiger partial charge is 0.394 e. The quantitative estimate of drug-likeness (QED) is 0.0303. The first-order chi connectivity index (χ1) is 29.1. The highest BCUT2D eigenvalue weighted by Crippen LogP contribution is 2.30. The Bertz CT molecular complexity index is 1110. The van der Waals surface area contributed by atoms with E-state index in [1.165, 1.54) is 64.2 Å². The van der Waals surface area contributed by atoms with Crippen LogP contribution in [0.15, 0.2) is 24.3 Å². The summed E-state index contributed by atoms with van der Waals surface area (Å²) in [4.78, 5) is 13.1. The highest BCUT2D eigenvalue weighted by molar-refractivity contribution is 5.76. The van der Waals surface area contributed by atoms with Gasteiger partial charge in [0.1, 0.15) is 48.8 Å². The van der Waals surface area contributed by atoms with Crippen LogP contribution in [0.3, 0.4) is 0 Å². The zero-order valence-corrected chi connectivity index (χ0v) is 36.9. The van der Waals surface area contributed by atoms with Crippen LogP contribution >= 0.6 is 0 Å². The summed E-state index contributed by atoms with van der Waals surface area (Å²) in [6.45, 7) is 2.78. The standard InChI is InChI=1S/C46H85NO13/c1-3-5-7-9-11-13-15-16-17-18-19-20-22-24-26-28-30-38(51)47-34(35(50)29-27-25-23-21-14-12-10-8-6-4-2)33-57-45-43(56)41(54)44(37(32-49)59-45)60-46-42(55)40(53)39(52)36(31-48)58-46/h13,15,17-18,34-37,39-46,48-50,52-56H,3-12,14,16,19-33H2,1-2H3,(H,47,51)/b15-13-,18-17-. The molecule has 0 aromatic heterocycles. The fraction of sp³-hybridized carbons (Fsp3) is 0.891. The van der Waals surface area contributed by atoms with Crippen LogP contribution in [0.5, 0.6) is 0 Å². The fourth-order valence-corrected chi connectivity index (χ4v) is 7.74. The van der Waals surface area contributed by atoms with Crippen molar-refractivity contribution in [2.75, 3.05) is 19.8 Å². The molecule has 14 nitrogen and oxygen atoms in total. The molecule has 2 aliphatic heterocycles. The molecule has 2 heterocycles. The Morgan fingerprint density at radius 2 is 1.10 bits per heavy atom. The van der Waals surface area contributed by atoms with E-state index in [-0.39, 0.29) is 18.9 Å². The zero-order chi connectivity index (χ0) is 44.0. The number of nitrogens with one attached hydrogen (secondary N) is 1. The molecular weight excluding hydrogens is 774 g/mol. The van der Waals surface area contributed by atoms with Crippen LogP contribution in [0.4, 0.5) is 0 Å². The number of unbranched alkanes of at least 4 members (excludes halogenated alkanes) is 18. The molecule has 60 heavy (non-hydrogen) atoms. The maximum atomic E-state index is 13.1. The second-order valence-electron chi connectivity index (χ2n) is 16.9. The minimum Gasteiger partial charge on any atom is -0.394 e. The topological polar surface area (TPSA) is 228 Å². The van der Waals surface area contributed by atoms with Gasteiger partial charge in [0.2, 0.25) is 5.91 Å². The molecule has 0 aliphatic carbocycles. The van der Waals surface area contributed by atoms with Gasteiger partial charge < -0.3 is 65.1 Å². The van der Waals surface area contributed by atoms with E-state index in [1.807, 2.05) is 0 Å². The third kappa shape index (κ3) is 21.7. The normalized spacial score (nSPS) is 28.4. The predicted octanol–water partition coefficient (Wildman–Crippen LogP) is 4.99. The van der Waals surface area contributed by atoms with Gasteiger partial charge in [-0.2, -0.15) is 0 Å². The number of ether oxygens (including phenoxy) is 4. The summed E-state index contributed by atoms with van der Waals surface area (Å²) in [5.41, 5.74) is 0. The van der Waals surface area contributed by atoms with Crippen molar-refractivity contribution in [1.82, 2.24) is 5.32 Å². The average Bonchev–Trinajstić information content (AvgIpc) is 3.24. The number of carbonyl (C=O) groups excluding carboxylic acids is 1. The van der Waals surface area contributed by atoms with Crippen LogP contribution < -0.4 is 5.32 Å². The van der Waals surface area contributed by atoms with Gasteiger partial charge in [-0.25, -0.2) is 0 Å². The second-order valence-corrected chi connectivity index (χ2v) is 16.9. The van der Waals surface area contributed by atoms with Gasteiger partial charge in [0, 0.05) is 6.42 Å². The van der Waals surface area contributed by atoms with Crippen molar-refractivity contribution in [1.29, 1.82) is 0 Å². The third-order valence-electron chi connectivity index (χ3n) is 11.7. The Morgan fingerprint density at radius 3 is 1.68 bits per heavy atom. The van der Waals surface area contributed by atoms with E-state index in [0.717, 1.165) is 70.6 Å². The highest BCUT2D eigenvalue weighted by Gasteiger charge is 2.51. The van der Waals surface area contributed by atoms with Crippen molar-refractivity contribution in [3.63, 3.8) is 0 Å². The molecule has 2 saturated heterocycles. The molecule has 0 saturated carbocycles. The lowest BCUT2D eigenvalue weighted by Crippen LogP contribution is -2.65. The minimum atomic E-state index is -1.78. The molecule has 1 amide bonds. The fourth-order valence-electron chi connectivity index (χ4n) is 7.74. The van der Waals surface area contributed by atoms with Crippen LogP contribution in [0.2, 0.25) is 0 Å². The Morgan fingerprint density at radius 1 is 0.600 bits per heavy atom. The Labute approximate surface area is 360 Å². The lowest BCUT2D eigenvalue weighted by atomic mass is 9.97. The van der Waals surface area contributed by atoms with Gasteiger partial charge in [0.25, 0.3) is 0 Å². The monoisotopic (exact) mass is 860 g/mol. The molecule has 0 radical (unpaired) electrons. The van der Waals surface area contributed by atoms with Crippen LogP contribution in [-0.4, -0.2) is 140 Å². The maximum absolute atomic E-state index is 13.1. The summed E-state index contributed by atoms with van der Waals surface area (Å²) in [5.74, 6) is -0.224. The molecule has 12 unspecified atom stereocenters. The van der Waals surface area contributed by atoms with Gasteiger partial charge in [0.15, 0.2) is 12.6 Å². The molecule has 2 fully saturated rings. The molecular formula is C46H85NO13. The van der Waals surface area contributed by atoms with E-state index in [1.54, 1.807) is 0 Å². The van der Waals surface area contributed by atoms with Crippen molar-refractivity contribution in [2.45, 2.75) is 242 Å². The van der Waals surface area contributed by atoms with Crippen LogP contribution in [0, 0.1) is 0 Å². The number of amides is 1. The smallest absolute Gasteiger partial charge is 0.220 e. The molecule has 2 aliphatic rings. The number of carbonyl (C=O) groups is 1. The molecule has 0 spiro atoms. The molecule has 12 atom stereocenters. The number of aliphatic hydroxyl groups is 8. The molecule has 0 aromatic carbocycles. The Kier molecular flexibility index (Phi) is 30.9. The SMILES string of the molecule is CCCCCC/C=C\C/C=C\CCCCCCCC(=O)NC(COC1OC(CO)C(OC2OC(CO)C(O)C(O)C2O)C(O)C1O)C(O)CCCCCCCCCCCC. The van der Waals surface area contributed by atoms with Gasteiger partial charge >= 0.3 is 0 Å². The van der Waals surface area contributed by atoms with Crippen LogP contribution in [-0.2, 0) is 23.7 Å². The number of aliphatic hydroxyl groups excluding tert-OH is 8. The summed E-state index contributed by atoms with van der Waals surface area (Å²) in [6.07, 6.45) is 17.6. The van der Waals surface area contributed by atoms with Gasteiger partial charge in [-0.15, -0.1) is 0 Å². The number of hydrogen-bond acceptors (Lipinski definition) is 13. The summed E-state index contributed by atoms with van der Waals surface area (Å²) in [6, 6.07) is -0.831. The van der Waals surface area contributed by atoms with Crippen molar-refractivity contribution in [3.8, 4) is 0 Å². The van der Waals surface area contributed by atoms with Crippen LogP contribution in [0.1, 0.15) is 168 Å². The Balaban J connectivity index is 1.86. The van der Waals surface area contributed by atoms with Gasteiger partial charge in [-0.1, -0.05) is 141 Å². The van der Waals surface area contributed by atoms with Crippen molar-refractivity contribution in [2.24, 2.45) is 0 Å².